The van der Waals surface area contributed by atoms with E-state index in [1.165, 1.54) is 11.8 Å². The van der Waals surface area contributed by atoms with Crippen LogP contribution < -0.4 is 0 Å². The first-order chi connectivity index (χ1) is 9.20. The van der Waals surface area contributed by atoms with Crippen LogP contribution in [-0.4, -0.2) is 34.5 Å². The summed E-state index contributed by atoms with van der Waals surface area (Å²) in [6.07, 6.45) is 3.29. The normalized spacial score (nSPS) is 17.6. The van der Waals surface area contributed by atoms with Gasteiger partial charge in [0.05, 0.1) is 12.0 Å². The maximum atomic E-state index is 11.6. The van der Waals surface area contributed by atoms with Crippen LogP contribution in [0.5, 0.6) is 0 Å². The molecule has 1 aromatic rings. The van der Waals surface area contributed by atoms with Gasteiger partial charge >= 0.3 is 0 Å². The largest absolute Gasteiger partial charge is 0.285 e. The number of rotatable bonds is 4. The van der Waals surface area contributed by atoms with E-state index in [-0.39, 0.29) is 5.91 Å². The fraction of sp³-hybridized carbons (Fsp3) is 0.154. The Morgan fingerprint density at radius 2 is 2.16 bits per heavy atom. The molecule has 1 aliphatic rings. The highest BCUT2D eigenvalue weighted by molar-refractivity contribution is 8.15. The molecule has 1 aromatic carbocycles. The second kappa shape index (κ2) is 6.54. The summed E-state index contributed by atoms with van der Waals surface area (Å²) >= 11 is 7.17. The highest BCUT2D eigenvalue weighted by Gasteiger charge is 2.26. The van der Waals surface area contributed by atoms with E-state index < -0.39 is 0 Å². The number of halogens is 1. The molecule has 0 aliphatic carbocycles. The van der Waals surface area contributed by atoms with Crippen LogP contribution in [0.1, 0.15) is 5.56 Å². The lowest BCUT2D eigenvalue weighted by Gasteiger charge is -2.11. The molecule has 98 valence electrons. The third-order valence-electron chi connectivity index (χ3n) is 2.39. The SMILES string of the molecule is C=CCN1C(=O)CS/C1=N/N=C\c1ccc(Cl)cc1. The summed E-state index contributed by atoms with van der Waals surface area (Å²) in [6.45, 7) is 4.08. The van der Waals surface area contributed by atoms with Crippen LogP contribution in [0.25, 0.3) is 0 Å². The zero-order chi connectivity index (χ0) is 13.7. The molecule has 19 heavy (non-hydrogen) atoms. The minimum Gasteiger partial charge on any atom is -0.285 e. The zero-order valence-electron chi connectivity index (χ0n) is 10.1. The molecule has 1 saturated heterocycles. The first-order valence-corrected chi connectivity index (χ1v) is 6.97. The predicted molar refractivity (Wildman–Crippen MR) is 80.8 cm³/mol. The summed E-state index contributed by atoms with van der Waals surface area (Å²) in [7, 11) is 0. The number of thioether (sulfide) groups is 1. The van der Waals surface area contributed by atoms with Crippen LogP contribution in [-0.2, 0) is 4.79 Å². The van der Waals surface area contributed by atoms with Gasteiger partial charge < -0.3 is 0 Å². The maximum Gasteiger partial charge on any atom is 0.239 e. The standard InChI is InChI=1S/C13H12ClN3OS/c1-2-7-17-12(18)9-19-13(17)16-15-8-10-3-5-11(14)6-4-10/h2-6,8H,1,7,9H2/b15-8-,16-13+. The molecule has 0 N–H and O–H groups in total. The highest BCUT2D eigenvalue weighted by Crippen LogP contribution is 2.19. The number of amidine groups is 1. The molecule has 1 amide bonds. The monoisotopic (exact) mass is 293 g/mol. The van der Waals surface area contributed by atoms with Crippen molar-refractivity contribution in [3.8, 4) is 0 Å². The van der Waals surface area contributed by atoms with Crippen LogP contribution >= 0.6 is 23.4 Å². The topological polar surface area (TPSA) is 45.0 Å². The van der Waals surface area contributed by atoms with Crippen molar-refractivity contribution in [2.45, 2.75) is 0 Å². The Balaban J connectivity index is 2.07. The highest BCUT2D eigenvalue weighted by atomic mass is 35.5. The second-order valence-corrected chi connectivity index (χ2v) is 5.14. The molecule has 0 bridgehead atoms. The molecule has 1 fully saturated rings. The van der Waals surface area contributed by atoms with Crippen molar-refractivity contribution < 1.29 is 4.79 Å². The van der Waals surface area contributed by atoms with Crippen molar-refractivity contribution >= 4 is 40.7 Å². The number of carbonyl (C=O) groups excluding carboxylic acids is 1. The first kappa shape index (κ1) is 13.8. The third-order valence-corrected chi connectivity index (χ3v) is 3.59. The molecule has 0 atom stereocenters. The number of hydrogen-bond donors (Lipinski definition) is 0. The molecule has 0 saturated carbocycles. The van der Waals surface area contributed by atoms with Crippen molar-refractivity contribution in [1.29, 1.82) is 0 Å². The molecule has 0 radical (unpaired) electrons. The van der Waals surface area contributed by atoms with Gasteiger partial charge in [-0.3, -0.25) is 9.69 Å². The van der Waals surface area contributed by atoms with E-state index >= 15 is 0 Å². The molecule has 4 nitrogen and oxygen atoms in total. The van der Waals surface area contributed by atoms with Crippen LogP contribution in [0.3, 0.4) is 0 Å². The van der Waals surface area contributed by atoms with Crippen molar-refractivity contribution in [1.82, 2.24) is 4.90 Å². The van der Waals surface area contributed by atoms with Gasteiger partial charge in [-0.2, -0.15) is 5.10 Å². The van der Waals surface area contributed by atoms with E-state index in [2.05, 4.69) is 16.8 Å². The van der Waals surface area contributed by atoms with E-state index in [9.17, 15) is 4.79 Å². The fourth-order valence-corrected chi connectivity index (χ4v) is 2.45. The Hall–Kier alpha value is -1.59. The number of amides is 1. The van der Waals surface area contributed by atoms with Crippen molar-refractivity contribution in [2.75, 3.05) is 12.3 Å². The van der Waals surface area contributed by atoms with Gasteiger partial charge in [-0.25, -0.2) is 0 Å². The lowest BCUT2D eigenvalue weighted by molar-refractivity contribution is -0.123. The molecule has 0 unspecified atom stereocenters. The second-order valence-electron chi connectivity index (χ2n) is 3.76. The summed E-state index contributed by atoms with van der Waals surface area (Å²) in [4.78, 5) is 13.1. The van der Waals surface area contributed by atoms with Gasteiger partial charge in [0, 0.05) is 11.6 Å². The van der Waals surface area contributed by atoms with Gasteiger partial charge in [-0.1, -0.05) is 41.6 Å². The minimum absolute atomic E-state index is 0.0327. The first-order valence-electron chi connectivity index (χ1n) is 5.61. The van der Waals surface area contributed by atoms with Crippen molar-refractivity contribution in [3.05, 3.63) is 47.5 Å². The maximum absolute atomic E-state index is 11.6. The van der Waals surface area contributed by atoms with Gasteiger partial charge in [0.1, 0.15) is 0 Å². The predicted octanol–water partition coefficient (Wildman–Crippen LogP) is 2.79. The van der Waals surface area contributed by atoms with E-state index in [4.69, 9.17) is 11.6 Å². The van der Waals surface area contributed by atoms with Gasteiger partial charge in [0.2, 0.25) is 5.91 Å². The Morgan fingerprint density at radius 3 is 2.84 bits per heavy atom. The van der Waals surface area contributed by atoms with Gasteiger partial charge in [0.25, 0.3) is 0 Å². The molecular formula is C13H12ClN3OS. The Bertz CT molecular complexity index is 539. The molecular weight excluding hydrogens is 282 g/mol. The summed E-state index contributed by atoms with van der Waals surface area (Å²) in [5, 5.41) is 9.34. The Labute approximate surface area is 120 Å². The fourth-order valence-electron chi connectivity index (χ4n) is 1.47. The number of hydrogen-bond acceptors (Lipinski definition) is 4. The van der Waals surface area contributed by atoms with Gasteiger partial charge in [0.15, 0.2) is 5.17 Å². The number of benzene rings is 1. The molecule has 0 aromatic heterocycles. The summed E-state index contributed by atoms with van der Waals surface area (Å²) in [5.41, 5.74) is 0.901. The van der Waals surface area contributed by atoms with Gasteiger partial charge in [-0.15, -0.1) is 11.7 Å². The summed E-state index contributed by atoms with van der Waals surface area (Å²) in [6, 6.07) is 7.27. The summed E-state index contributed by atoms with van der Waals surface area (Å²) in [5.74, 6) is 0.439. The summed E-state index contributed by atoms with van der Waals surface area (Å²) < 4.78 is 0. The quantitative estimate of drug-likeness (QED) is 0.487. The molecule has 1 heterocycles. The Kier molecular flexibility index (Phi) is 4.76. The van der Waals surface area contributed by atoms with E-state index in [1.54, 1.807) is 29.3 Å². The smallest absolute Gasteiger partial charge is 0.239 e. The van der Waals surface area contributed by atoms with Crippen LogP contribution in [0, 0.1) is 0 Å². The van der Waals surface area contributed by atoms with E-state index in [0.29, 0.717) is 22.5 Å². The average Bonchev–Trinajstić information content (AvgIpc) is 2.74. The molecule has 0 spiro atoms. The van der Waals surface area contributed by atoms with Crippen molar-refractivity contribution in [3.63, 3.8) is 0 Å². The molecule has 1 aliphatic heterocycles. The van der Waals surface area contributed by atoms with Crippen molar-refractivity contribution in [2.24, 2.45) is 10.2 Å². The third kappa shape index (κ3) is 3.68. The number of nitrogens with zero attached hydrogens (tertiary/aromatic N) is 3. The van der Waals surface area contributed by atoms with Crippen LogP contribution in [0.4, 0.5) is 0 Å². The lowest BCUT2D eigenvalue weighted by Crippen LogP contribution is -2.29. The van der Waals surface area contributed by atoms with E-state index in [0.717, 1.165) is 5.56 Å². The van der Waals surface area contributed by atoms with Crippen LogP contribution in [0.15, 0.2) is 47.1 Å². The van der Waals surface area contributed by atoms with Gasteiger partial charge in [-0.05, 0) is 17.7 Å². The molecule has 6 heteroatoms. The number of carbonyl (C=O) groups is 1. The zero-order valence-corrected chi connectivity index (χ0v) is 11.7. The average molecular weight is 294 g/mol. The molecule has 2 rings (SSSR count). The lowest BCUT2D eigenvalue weighted by atomic mass is 10.2. The Morgan fingerprint density at radius 1 is 1.42 bits per heavy atom. The van der Waals surface area contributed by atoms with Crippen LogP contribution in [0.2, 0.25) is 5.02 Å². The minimum atomic E-state index is 0.0327. The van der Waals surface area contributed by atoms with E-state index in [1.807, 2.05) is 12.1 Å².